The average molecular weight is 248 g/mol. The first kappa shape index (κ1) is 23.1. The summed E-state index contributed by atoms with van der Waals surface area (Å²) in [6.07, 6.45) is 0. The van der Waals surface area contributed by atoms with Gasteiger partial charge >= 0.3 is 0 Å². The van der Waals surface area contributed by atoms with Crippen LogP contribution in [0.3, 0.4) is 0 Å². The molecule has 0 saturated carbocycles. The van der Waals surface area contributed by atoms with Crippen molar-refractivity contribution in [1.82, 2.24) is 0 Å². The largest absolute Gasteiger partial charge is 0.397 e. The van der Waals surface area contributed by atoms with Gasteiger partial charge in [-0.05, 0) is 13.8 Å². The number of aliphatic hydroxyl groups is 1. The molecular formula is C9H17Cl3O. The molecule has 0 fully saturated rings. The maximum absolute atomic E-state index is 7.57. The molecule has 0 bridgehead atoms. The molecule has 1 nitrogen and oxygen atoms in total. The second-order valence-electron chi connectivity index (χ2n) is 1.97. The molecule has 1 aromatic rings. The van der Waals surface area contributed by atoms with E-state index in [1.54, 1.807) is 6.92 Å². The van der Waals surface area contributed by atoms with Crippen molar-refractivity contribution in [2.75, 3.05) is 6.61 Å². The number of aliphatic hydroxyl groups excluding tert-OH is 1. The number of aryl methyl sites for hydroxylation is 1. The Morgan fingerprint density at radius 1 is 1.00 bits per heavy atom. The van der Waals surface area contributed by atoms with Crippen molar-refractivity contribution >= 4 is 37.2 Å². The first-order valence-electron chi connectivity index (χ1n) is 3.43. The maximum atomic E-state index is 7.57. The van der Waals surface area contributed by atoms with Crippen LogP contribution in [0.5, 0.6) is 0 Å². The molecule has 1 N–H and O–H groups in total. The van der Waals surface area contributed by atoms with Gasteiger partial charge in [0.2, 0.25) is 0 Å². The maximum Gasteiger partial charge on any atom is 0.0402 e. The molecule has 0 atom stereocenters. The van der Waals surface area contributed by atoms with Crippen molar-refractivity contribution in [3.8, 4) is 0 Å². The summed E-state index contributed by atoms with van der Waals surface area (Å²) in [6, 6.07) is 10.3. The molecule has 0 saturated heterocycles. The predicted molar refractivity (Wildman–Crippen MR) is 65.7 cm³/mol. The SMILES string of the molecule is CCO.Cc1ccccc1.Cl.Cl.Cl. The summed E-state index contributed by atoms with van der Waals surface area (Å²) in [5.74, 6) is 0. The van der Waals surface area contributed by atoms with E-state index in [-0.39, 0.29) is 43.8 Å². The van der Waals surface area contributed by atoms with E-state index >= 15 is 0 Å². The van der Waals surface area contributed by atoms with E-state index in [1.165, 1.54) is 5.56 Å². The second-order valence-corrected chi connectivity index (χ2v) is 1.97. The lowest BCUT2D eigenvalue weighted by Gasteiger charge is -1.82. The Morgan fingerprint density at radius 3 is 1.46 bits per heavy atom. The summed E-state index contributed by atoms with van der Waals surface area (Å²) >= 11 is 0. The number of benzene rings is 1. The normalized spacial score (nSPS) is 6.08. The Morgan fingerprint density at radius 2 is 1.31 bits per heavy atom. The van der Waals surface area contributed by atoms with E-state index in [4.69, 9.17) is 5.11 Å². The fourth-order valence-electron chi connectivity index (χ4n) is 0.534. The molecule has 1 aromatic carbocycles. The fourth-order valence-corrected chi connectivity index (χ4v) is 0.534. The highest BCUT2D eigenvalue weighted by molar-refractivity contribution is 5.86. The van der Waals surface area contributed by atoms with E-state index in [1.807, 2.05) is 18.2 Å². The molecule has 0 heterocycles. The third-order valence-corrected chi connectivity index (χ3v) is 0.940. The monoisotopic (exact) mass is 246 g/mol. The molecule has 0 amide bonds. The fraction of sp³-hybridized carbons (Fsp3) is 0.333. The van der Waals surface area contributed by atoms with E-state index in [9.17, 15) is 0 Å². The minimum absolute atomic E-state index is 0. The van der Waals surface area contributed by atoms with Crippen molar-refractivity contribution < 1.29 is 5.11 Å². The standard InChI is InChI=1S/C7H8.C2H6O.3ClH/c1-7-5-3-2-4-6-7;1-2-3;;;/h2-6H,1H3;3H,2H2,1H3;3*1H. The molecule has 0 aromatic heterocycles. The topological polar surface area (TPSA) is 20.2 Å². The van der Waals surface area contributed by atoms with Crippen LogP contribution >= 0.6 is 37.2 Å². The van der Waals surface area contributed by atoms with Crippen LogP contribution < -0.4 is 0 Å². The van der Waals surface area contributed by atoms with Crippen LogP contribution in [0.4, 0.5) is 0 Å². The van der Waals surface area contributed by atoms with Crippen LogP contribution in [0.1, 0.15) is 12.5 Å². The lowest BCUT2D eigenvalue weighted by atomic mass is 10.2. The molecule has 13 heavy (non-hydrogen) atoms. The van der Waals surface area contributed by atoms with E-state index in [0.717, 1.165) is 0 Å². The zero-order valence-electron chi connectivity index (χ0n) is 7.77. The summed E-state index contributed by atoms with van der Waals surface area (Å²) in [6.45, 7) is 4.01. The molecule has 4 heteroatoms. The van der Waals surface area contributed by atoms with Crippen molar-refractivity contribution in [2.24, 2.45) is 0 Å². The number of hydrogen-bond donors (Lipinski definition) is 1. The molecule has 0 aliphatic heterocycles. The Labute approximate surface area is 98.8 Å². The first-order chi connectivity index (χ1) is 4.81. The minimum Gasteiger partial charge on any atom is -0.397 e. The highest BCUT2D eigenvalue weighted by Gasteiger charge is 1.72. The Balaban J connectivity index is -0.0000000615. The van der Waals surface area contributed by atoms with Crippen LogP contribution in [-0.2, 0) is 0 Å². The van der Waals surface area contributed by atoms with Gasteiger partial charge in [-0.3, -0.25) is 0 Å². The molecule has 0 radical (unpaired) electrons. The van der Waals surface area contributed by atoms with Gasteiger partial charge in [0.05, 0.1) is 0 Å². The summed E-state index contributed by atoms with van der Waals surface area (Å²) < 4.78 is 0. The van der Waals surface area contributed by atoms with Crippen LogP contribution in [0.15, 0.2) is 30.3 Å². The molecule has 0 spiro atoms. The lowest BCUT2D eigenvalue weighted by molar-refractivity contribution is 0.318. The van der Waals surface area contributed by atoms with Crippen LogP contribution in [0.25, 0.3) is 0 Å². The van der Waals surface area contributed by atoms with Gasteiger partial charge in [-0.1, -0.05) is 35.9 Å². The smallest absolute Gasteiger partial charge is 0.0402 e. The van der Waals surface area contributed by atoms with Crippen LogP contribution in [0.2, 0.25) is 0 Å². The van der Waals surface area contributed by atoms with E-state index in [2.05, 4.69) is 19.1 Å². The third-order valence-electron chi connectivity index (χ3n) is 0.940. The Kier molecular flexibility index (Phi) is 32.0. The summed E-state index contributed by atoms with van der Waals surface area (Å²) in [4.78, 5) is 0. The van der Waals surface area contributed by atoms with Gasteiger partial charge in [0.1, 0.15) is 0 Å². The van der Waals surface area contributed by atoms with Crippen molar-refractivity contribution in [1.29, 1.82) is 0 Å². The number of halogens is 3. The molecule has 0 aliphatic carbocycles. The average Bonchev–Trinajstić information content (AvgIpc) is 1.91. The quantitative estimate of drug-likeness (QED) is 0.746. The van der Waals surface area contributed by atoms with Gasteiger partial charge in [0.25, 0.3) is 0 Å². The molecule has 80 valence electrons. The van der Waals surface area contributed by atoms with Gasteiger partial charge in [-0.25, -0.2) is 0 Å². The summed E-state index contributed by atoms with van der Waals surface area (Å²) in [5, 5.41) is 7.57. The van der Waals surface area contributed by atoms with Gasteiger partial charge in [-0.2, -0.15) is 0 Å². The van der Waals surface area contributed by atoms with Gasteiger partial charge < -0.3 is 5.11 Å². The van der Waals surface area contributed by atoms with Crippen molar-refractivity contribution in [2.45, 2.75) is 13.8 Å². The van der Waals surface area contributed by atoms with Gasteiger partial charge in [-0.15, -0.1) is 37.2 Å². The Bertz CT molecular complexity index is 156. The lowest BCUT2D eigenvalue weighted by Crippen LogP contribution is -1.62. The van der Waals surface area contributed by atoms with Gasteiger partial charge in [0, 0.05) is 6.61 Å². The Hall–Kier alpha value is 0.0500. The highest BCUT2D eigenvalue weighted by Crippen LogP contribution is 1.92. The number of hydrogen-bond acceptors (Lipinski definition) is 1. The van der Waals surface area contributed by atoms with Crippen LogP contribution in [-0.4, -0.2) is 11.7 Å². The van der Waals surface area contributed by atoms with Crippen LogP contribution in [0, 0.1) is 6.92 Å². The van der Waals surface area contributed by atoms with Gasteiger partial charge in [0.15, 0.2) is 0 Å². The minimum atomic E-state index is 0. The predicted octanol–water partition coefficient (Wildman–Crippen LogP) is 3.26. The zero-order chi connectivity index (χ0) is 7.82. The number of rotatable bonds is 0. The van der Waals surface area contributed by atoms with Crippen molar-refractivity contribution in [3.63, 3.8) is 0 Å². The molecule has 0 aliphatic rings. The highest BCUT2D eigenvalue weighted by atomic mass is 35.5. The van der Waals surface area contributed by atoms with Crippen molar-refractivity contribution in [3.05, 3.63) is 35.9 Å². The molecule has 1 rings (SSSR count). The zero-order valence-corrected chi connectivity index (χ0v) is 10.2. The second kappa shape index (κ2) is 18.0. The molecule has 0 unspecified atom stereocenters. The first-order valence-corrected chi connectivity index (χ1v) is 3.43. The van der Waals surface area contributed by atoms with E-state index < -0.39 is 0 Å². The summed E-state index contributed by atoms with van der Waals surface area (Å²) in [7, 11) is 0. The third kappa shape index (κ3) is 18.8. The van der Waals surface area contributed by atoms with E-state index in [0.29, 0.717) is 0 Å². The summed E-state index contributed by atoms with van der Waals surface area (Å²) in [5.41, 5.74) is 1.32. The molecular weight excluding hydrogens is 230 g/mol.